The number of hydrogen-bond donors (Lipinski definition) is 2. The lowest BCUT2D eigenvalue weighted by atomic mass is 10.0. The summed E-state index contributed by atoms with van der Waals surface area (Å²) in [7, 11) is 0. The maximum absolute atomic E-state index is 11.0. The molecule has 150 valence electrons. The quantitative estimate of drug-likeness (QED) is 0.377. The molecule has 0 aliphatic rings. The van der Waals surface area contributed by atoms with Gasteiger partial charge in [-0.3, -0.25) is 9.59 Å². The first-order valence-corrected chi connectivity index (χ1v) is 8.83. The lowest BCUT2D eigenvalue weighted by Crippen LogP contribution is -2.01. The molecular weight excluding hydrogens is 352 g/mol. The summed E-state index contributed by atoms with van der Waals surface area (Å²) in [4.78, 5) is 28.0. The monoisotopic (exact) mass is 382 g/mol. The summed E-state index contributed by atoms with van der Waals surface area (Å²) in [5, 5.41) is 1.16. The van der Waals surface area contributed by atoms with E-state index in [0.29, 0.717) is 11.3 Å². The second-order valence-electron chi connectivity index (χ2n) is 6.63. The molecule has 28 heavy (non-hydrogen) atoms. The predicted octanol–water partition coefficient (Wildman–Crippen LogP) is 3.86. The Labute approximate surface area is 167 Å². The minimum atomic E-state index is 0. The molecule has 6 heteroatoms. The number of primary amides is 1. The number of aromatic nitrogens is 2. The molecule has 1 amide bonds. The predicted molar refractivity (Wildman–Crippen MR) is 115 cm³/mol. The van der Waals surface area contributed by atoms with Crippen molar-refractivity contribution in [3.05, 3.63) is 64.1 Å². The first kappa shape index (κ1) is 22.8. The summed E-state index contributed by atoms with van der Waals surface area (Å²) in [6, 6.07) is 7.94. The zero-order valence-electron chi connectivity index (χ0n) is 18.3. The van der Waals surface area contributed by atoms with Gasteiger partial charge in [-0.15, -0.1) is 0 Å². The van der Waals surface area contributed by atoms with E-state index in [1.54, 1.807) is 6.33 Å². The van der Waals surface area contributed by atoms with Crippen molar-refractivity contribution in [2.45, 2.75) is 41.5 Å². The van der Waals surface area contributed by atoms with Crippen molar-refractivity contribution in [2.24, 2.45) is 5.73 Å². The lowest BCUT2D eigenvalue weighted by Gasteiger charge is -2.05. The highest BCUT2D eigenvalue weighted by Crippen LogP contribution is 2.19. The molecule has 0 aliphatic carbocycles. The summed E-state index contributed by atoms with van der Waals surface area (Å²) < 4.78 is 0. The lowest BCUT2D eigenvalue weighted by molar-refractivity contribution is -0.106. The third-order valence-electron chi connectivity index (χ3n) is 4.50. The minimum absolute atomic E-state index is 0. The number of nitrogen functional groups attached to an aromatic ring is 1. The molecule has 0 spiro atoms. The van der Waals surface area contributed by atoms with Crippen LogP contribution in [0.3, 0.4) is 0 Å². The maximum atomic E-state index is 11.0. The Hall–Kier alpha value is -3.28. The van der Waals surface area contributed by atoms with Crippen LogP contribution in [0, 0.1) is 34.6 Å². The minimum Gasteiger partial charge on any atom is -1.00 e. The zero-order chi connectivity index (χ0) is 21.4. The summed E-state index contributed by atoms with van der Waals surface area (Å²) in [6.45, 7) is 11.7. The SMILES string of the molecule is CC(=O)c1cc(C)c(C)cc1N.Cc1cc2ncnc(C)c2cc1C.NC=O.[2H-]. The van der Waals surface area contributed by atoms with Crippen LogP contribution in [0.5, 0.6) is 0 Å². The van der Waals surface area contributed by atoms with Crippen LogP contribution in [0.25, 0.3) is 10.9 Å². The number of amides is 1. The van der Waals surface area contributed by atoms with Crippen molar-refractivity contribution in [2.75, 3.05) is 5.73 Å². The van der Waals surface area contributed by atoms with Gasteiger partial charge in [-0.2, -0.15) is 0 Å². The number of anilines is 1. The van der Waals surface area contributed by atoms with E-state index in [1.807, 2.05) is 32.9 Å². The average molecular weight is 383 g/mol. The van der Waals surface area contributed by atoms with E-state index in [9.17, 15) is 4.79 Å². The Morgan fingerprint density at radius 1 is 0.929 bits per heavy atom. The van der Waals surface area contributed by atoms with Crippen LogP contribution in [-0.4, -0.2) is 22.2 Å². The zero-order valence-corrected chi connectivity index (χ0v) is 17.3. The number of carbonyl (C=O) groups excluding carboxylic acids is 2. The van der Waals surface area contributed by atoms with E-state index < -0.39 is 0 Å². The second-order valence-corrected chi connectivity index (χ2v) is 6.63. The summed E-state index contributed by atoms with van der Waals surface area (Å²) >= 11 is 0. The molecule has 1 heterocycles. The Morgan fingerprint density at radius 2 is 1.43 bits per heavy atom. The van der Waals surface area contributed by atoms with Crippen LogP contribution >= 0.6 is 0 Å². The van der Waals surface area contributed by atoms with Gasteiger partial charge in [0.15, 0.2) is 5.78 Å². The van der Waals surface area contributed by atoms with Gasteiger partial charge in [0.1, 0.15) is 6.33 Å². The van der Waals surface area contributed by atoms with Gasteiger partial charge < -0.3 is 12.9 Å². The first-order chi connectivity index (χ1) is 13.1. The van der Waals surface area contributed by atoms with Gasteiger partial charge in [0.25, 0.3) is 0 Å². The summed E-state index contributed by atoms with van der Waals surface area (Å²) in [5.74, 6) is 0.0237. The molecule has 0 bridgehead atoms. The standard InChI is InChI=1S/C11H12N2.C10H13NO.CH3NO.H/c1-7-4-10-9(3)12-6-13-11(10)5-8(7)2;1-6-4-9(8(3)12)10(11)5-7(6)2;2-1-3;/h4-6H,1-3H3;4-5H,11H2,1-3H3;1H,(H2,2,3);/q;;;-1/i;;;1+1. The maximum Gasteiger partial charge on any atom is 0.204 e. The number of carbonyl (C=O) groups is 2. The number of hydrogen-bond acceptors (Lipinski definition) is 5. The Morgan fingerprint density at radius 3 is 2.00 bits per heavy atom. The molecule has 1 aromatic heterocycles. The molecule has 0 aliphatic heterocycles. The molecule has 0 atom stereocenters. The Bertz CT molecular complexity index is 1000. The Kier molecular flexibility index (Phi) is 8.26. The largest absolute Gasteiger partial charge is 1.00 e. The molecule has 4 N–H and O–H groups in total. The van der Waals surface area contributed by atoms with Crippen molar-refractivity contribution in [1.29, 1.82) is 0 Å². The highest BCUT2D eigenvalue weighted by Gasteiger charge is 2.05. The fraction of sp³-hybridized carbons (Fsp3) is 0.273. The normalized spacial score (nSPS) is 9.64. The van der Waals surface area contributed by atoms with E-state index >= 15 is 0 Å². The molecule has 0 saturated heterocycles. The molecule has 6 nitrogen and oxygen atoms in total. The van der Waals surface area contributed by atoms with Gasteiger partial charge in [0.05, 0.1) is 5.52 Å². The van der Waals surface area contributed by atoms with Gasteiger partial charge in [-0.1, -0.05) is 0 Å². The summed E-state index contributed by atoms with van der Waals surface area (Å²) in [6.07, 6.45) is 1.87. The van der Waals surface area contributed by atoms with Crippen LogP contribution in [-0.2, 0) is 4.79 Å². The Balaban J connectivity index is 0.000000464. The van der Waals surface area contributed by atoms with Gasteiger partial charge >= 0.3 is 0 Å². The van der Waals surface area contributed by atoms with Crippen LogP contribution in [0.4, 0.5) is 5.69 Å². The molecule has 0 fully saturated rings. The average Bonchev–Trinajstić information content (AvgIpc) is 2.61. The first-order valence-electron chi connectivity index (χ1n) is 8.83. The molecule has 3 aromatic rings. The van der Waals surface area contributed by atoms with Crippen molar-refractivity contribution in [3.8, 4) is 0 Å². The van der Waals surface area contributed by atoms with Crippen molar-refractivity contribution in [3.63, 3.8) is 0 Å². The smallest absolute Gasteiger partial charge is 0.204 e. The van der Waals surface area contributed by atoms with Crippen LogP contribution < -0.4 is 11.5 Å². The molecule has 0 unspecified atom stereocenters. The van der Waals surface area contributed by atoms with E-state index in [4.69, 9.17) is 10.5 Å². The van der Waals surface area contributed by atoms with Crippen LogP contribution in [0.15, 0.2) is 30.6 Å². The van der Waals surface area contributed by atoms with Crippen molar-refractivity contribution >= 4 is 28.8 Å². The summed E-state index contributed by atoms with van der Waals surface area (Å²) in [5.41, 5.74) is 17.9. The van der Waals surface area contributed by atoms with Gasteiger partial charge in [0.2, 0.25) is 6.41 Å². The molecule has 2 aromatic carbocycles. The van der Waals surface area contributed by atoms with E-state index in [1.165, 1.54) is 18.1 Å². The van der Waals surface area contributed by atoms with Gasteiger partial charge in [0, 0.05) is 22.3 Å². The highest BCUT2D eigenvalue weighted by molar-refractivity contribution is 5.99. The fourth-order valence-corrected chi connectivity index (χ4v) is 2.59. The van der Waals surface area contributed by atoms with Crippen LogP contribution in [0.2, 0.25) is 0 Å². The molecule has 0 radical (unpaired) electrons. The fourth-order valence-electron chi connectivity index (χ4n) is 2.59. The highest BCUT2D eigenvalue weighted by atomic mass is 16.1. The third-order valence-corrected chi connectivity index (χ3v) is 4.50. The number of Topliss-reactive ketones (excluding diaryl/α,β-unsaturated/α-hetero) is 1. The second kappa shape index (κ2) is 10.2. The van der Waals surface area contributed by atoms with Crippen molar-refractivity contribution < 1.29 is 11.0 Å². The van der Waals surface area contributed by atoms with E-state index in [2.05, 4.69) is 41.7 Å². The third kappa shape index (κ3) is 5.87. The number of aryl methyl sites for hydroxylation is 5. The number of nitrogens with two attached hydrogens (primary N) is 2. The van der Waals surface area contributed by atoms with Crippen molar-refractivity contribution in [1.82, 2.24) is 9.97 Å². The number of fused-ring (bicyclic) bond motifs is 1. The number of rotatable bonds is 1. The number of ketones is 1. The number of benzene rings is 2. The number of nitrogens with zero attached hydrogens (tertiary/aromatic N) is 2. The van der Waals surface area contributed by atoms with Gasteiger partial charge in [-0.25, -0.2) is 9.97 Å². The topological polar surface area (TPSA) is 112 Å². The molecule has 0 saturated carbocycles. The van der Waals surface area contributed by atoms with Crippen LogP contribution in [0.1, 0.15) is 46.7 Å². The molecular formula is C22H29N4O2-. The van der Waals surface area contributed by atoms with Gasteiger partial charge in [-0.05, 0) is 88.1 Å². The van der Waals surface area contributed by atoms with E-state index in [-0.39, 0.29) is 13.6 Å². The molecule has 3 rings (SSSR count). The van der Waals surface area contributed by atoms with E-state index in [0.717, 1.165) is 27.7 Å².